The third-order valence-corrected chi connectivity index (χ3v) is 6.79. The molecular formula is C30H43N3O2. The van der Waals surface area contributed by atoms with Gasteiger partial charge in [-0.3, -0.25) is 9.59 Å². The van der Waals surface area contributed by atoms with Crippen LogP contribution in [0.15, 0.2) is 48.5 Å². The second-order valence-electron chi connectivity index (χ2n) is 11.6. The first-order valence-electron chi connectivity index (χ1n) is 13.1. The van der Waals surface area contributed by atoms with Gasteiger partial charge in [0.2, 0.25) is 5.91 Å². The summed E-state index contributed by atoms with van der Waals surface area (Å²) in [5.41, 5.74) is 3.47. The summed E-state index contributed by atoms with van der Waals surface area (Å²) in [6.07, 6.45) is 3.69. The summed E-state index contributed by atoms with van der Waals surface area (Å²) in [6.45, 7) is 14.9. The van der Waals surface area contributed by atoms with E-state index in [2.05, 4.69) is 50.2 Å². The van der Waals surface area contributed by atoms with E-state index in [4.69, 9.17) is 0 Å². The highest BCUT2D eigenvalue weighted by atomic mass is 16.2. The second kappa shape index (κ2) is 11.7. The molecule has 2 aromatic rings. The molecule has 3 rings (SSSR count). The zero-order chi connectivity index (χ0) is 25.6. The predicted octanol–water partition coefficient (Wildman–Crippen LogP) is 6.81. The molecule has 5 heteroatoms. The number of anilines is 2. The smallest absolute Gasteiger partial charge is 0.253 e. The van der Waals surface area contributed by atoms with E-state index in [1.807, 2.05) is 55.5 Å². The Labute approximate surface area is 211 Å². The molecule has 1 aliphatic heterocycles. The van der Waals surface area contributed by atoms with Gasteiger partial charge in [-0.15, -0.1) is 0 Å². The van der Waals surface area contributed by atoms with Crippen LogP contribution < -0.4 is 15.5 Å². The maximum atomic E-state index is 13.5. The number of piperidine rings is 1. The van der Waals surface area contributed by atoms with Gasteiger partial charge in [-0.25, -0.2) is 0 Å². The largest absolute Gasteiger partial charge is 0.371 e. The Morgan fingerprint density at radius 1 is 1.03 bits per heavy atom. The van der Waals surface area contributed by atoms with Gasteiger partial charge in [0.25, 0.3) is 5.91 Å². The van der Waals surface area contributed by atoms with E-state index < -0.39 is 0 Å². The second-order valence-corrected chi connectivity index (χ2v) is 11.6. The van der Waals surface area contributed by atoms with Crippen LogP contribution in [-0.2, 0) is 4.79 Å². The monoisotopic (exact) mass is 477 g/mol. The molecule has 0 aromatic heterocycles. The van der Waals surface area contributed by atoms with Gasteiger partial charge in [0.15, 0.2) is 0 Å². The lowest BCUT2D eigenvalue weighted by molar-refractivity contribution is -0.117. The maximum absolute atomic E-state index is 13.5. The van der Waals surface area contributed by atoms with Crippen molar-refractivity contribution >= 4 is 23.2 Å². The molecule has 2 aromatic carbocycles. The quantitative estimate of drug-likeness (QED) is 0.439. The van der Waals surface area contributed by atoms with Gasteiger partial charge in [-0.2, -0.15) is 0 Å². The van der Waals surface area contributed by atoms with Gasteiger partial charge in [-0.1, -0.05) is 65.0 Å². The minimum atomic E-state index is -0.118. The first-order valence-corrected chi connectivity index (χ1v) is 13.1. The summed E-state index contributed by atoms with van der Waals surface area (Å²) in [5, 5.41) is 6.20. The van der Waals surface area contributed by atoms with E-state index in [-0.39, 0.29) is 23.3 Å². The molecule has 5 nitrogen and oxygen atoms in total. The Kier molecular flexibility index (Phi) is 8.98. The van der Waals surface area contributed by atoms with Gasteiger partial charge >= 0.3 is 0 Å². The molecule has 2 N–H and O–H groups in total. The van der Waals surface area contributed by atoms with E-state index in [1.54, 1.807) is 0 Å². The minimum Gasteiger partial charge on any atom is -0.371 e. The summed E-state index contributed by atoms with van der Waals surface area (Å²) in [6, 6.07) is 15.6. The number of benzene rings is 2. The van der Waals surface area contributed by atoms with Crippen LogP contribution in [0.25, 0.3) is 0 Å². The summed E-state index contributed by atoms with van der Waals surface area (Å²) >= 11 is 0. The highest BCUT2D eigenvalue weighted by Gasteiger charge is 2.23. The molecule has 1 aliphatic rings. The van der Waals surface area contributed by atoms with Gasteiger partial charge in [0.1, 0.15) is 0 Å². The van der Waals surface area contributed by atoms with Gasteiger partial charge < -0.3 is 15.5 Å². The van der Waals surface area contributed by atoms with E-state index >= 15 is 0 Å². The number of carbonyl (C=O) groups excluding carboxylic acids is 2. The highest BCUT2D eigenvalue weighted by Crippen LogP contribution is 2.30. The molecule has 2 amide bonds. The third kappa shape index (κ3) is 8.12. The zero-order valence-electron chi connectivity index (χ0n) is 22.4. The van der Waals surface area contributed by atoms with Crippen LogP contribution in [0.4, 0.5) is 11.4 Å². The van der Waals surface area contributed by atoms with E-state index in [1.165, 1.54) is 0 Å². The number of amides is 2. The Bertz CT molecular complexity index is 988. The standard InChI is InChI=1S/C30H43N3O2/c1-21-14-16-33(17-15-21)27-13-12-25(32-28(34)18-22(2)20-30(4,5)6)19-26(27)29(35)31-23(3)24-10-8-7-9-11-24/h7-13,19,21-23H,14-18,20H2,1-6H3,(H,31,35)(H,32,34). The van der Waals surface area contributed by atoms with Crippen molar-refractivity contribution in [3.63, 3.8) is 0 Å². The predicted molar refractivity (Wildman–Crippen MR) is 146 cm³/mol. The Morgan fingerprint density at radius 2 is 1.69 bits per heavy atom. The molecular weight excluding hydrogens is 434 g/mol. The molecule has 0 saturated carbocycles. The van der Waals surface area contributed by atoms with Crippen molar-refractivity contribution < 1.29 is 9.59 Å². The summed E-state index contributed by atoms with van der Waals surface area (Å²) < 4.78 is 0. The van der Waals surface area contributed by atoms with Gasteiger partial charge in [0.05, 0.1) is 11.6 Å². The van der Waals surface area contributed by atoms with Crippen LogP contribution in [0.2, 0.25) is 0 Å². The fraction of sp³-hybridized carbons (Fsp3) is 0.533. The first kappa shape index (κ1) is 26.8. The molecule has 1 fully saturated rings. The van der Waals surface area contributed by atoms with Crippen LogP contribution in [0.5, 0.6) is 0 Å². The van der Waals surface area contributed by atoms with Crippen molar-refractivity contribution in [1.29, 1.82) is 0 Å². The molecule has 1 saturated heterocycles. The molecule has 0 bridgehead atoms. The molecule has 190 valence electrons. The van der Waals surface area contributed by atoms with E-state index in [0.29, 0.717) is 29.5 Å². The van der Waals surface area contributed by atoms with Crippen LogP contribution in [0, 0.1) is 17.3 Å². The van der Waals surface area contributed by atoms with Crippen LogP contribution in [0.3, 0.4) is 0 Å². The average molecular weight is 478 g/mol. The van der Waals surface area contributed by atoms with Crippen molar-refractivity contribution in [2.75, 3.05) is 23.3 Å². The van der Waals surface area contributed by atoms with Crippen molar-refractivity contribution in [2.24, 2.45) is 17.3 Å². The lowest BCUT2D eigenvalue weighted by Crippen LogP contribution is -2.35. The molecule has 2 atom stereocenters. The summed E-state index contributed by atoms with van der Waals surface area (Å²) in [5.74, 6) is 0.867. The van der Waals surface area contributed by atoms with Crippen molar-refractivity contribution in [3.05, 3.63) is 59.7 Å². The van der Waals surface area contributed by atoms with Crippen LogP contribution in [-0.4, -0.2) is 24.9 Å². The minimum absolute atomic E-state index is 0.00897. The molecule has 35 heavy (non-hydrogen) atoms. The molecule has 0 spiro atoms. The average Bonchev–Trinajstić information content (AvgIpc) is 2.78. The van der Waals surface area contributed by atoms with E-state index in [0.717, 1.165) is 43.6 Å². The fourth-order valence-electron chi connectivity index (χ4n) is 5.07. The topological polar surface area (TPSA) is 61.4 Å². The highest BCUT2D eigenvalue weighted by molar-refractivity contribution is 6.02. The van der Waals surface area contributed by atoms with E-state index in [9.17, 15) is 9.59 Å². The molecule has 1 heterocycles. The normalized spacial score (nSPS) is 16.5. The van der Waals surface area contributed by atoms with Gasteiger partial charge in [-0.05, 0) is 67.2 Å². The Balaban J connectivity index is 1.79. The van der Waals surface area contributed by atoms with Crippen LogP contribution in [0.1, 0.15) is 89.2 Å². The number of hydrogen-bond donors (Lipinski definition) is 2. The lowest BCUT2D eigenvalue weighted by atomic mass is 9.84. The molecule has 0 aliphatic carbocycles. The lowest BCUT2D eigenvalue weighted by Gasteiger charge is -2.33. The number of hydrogen-bond acceptors (Lipinski definition) is 3. The van der Waals surface area contributed by atoms with Crippen molar-refractivity contribution in [1.82, 2.24) is 5.32 Å². The molecule has 2 unspecified atom stereocenters. The number of nitrogens with one attached hydrogen (secondary N) is 2. The van der Waals surface area contributed by atoms with Crippen molar-refractivity contribution in [3.8, 4) is 0 Å². The first-order chi connectivity index (χ1) is 16.5. The summed E-state index contributed by atoms with van der Waals surface area (Å²) in [7, 11) is 0. The number of carbonyl (C=O) groups is 2. The zero-order valence-corrected chi connectivity index (χ0v) is 22.4. The Morgan fingerprint density at radius 3 is 2.31 bits per heavy atom. The molecule has 0 radical (unpaired) electrons. The number of nitrogens with zero attached hydrogens (tertiary/aromatic N) is 1. The fourth-order valence-corrected chi connectivity index (χ4v) is 5.07. The van der Waals surface area contributed by atoms with Crippen LogP contribution >= 0.6 is 0 Å². The summed E-state index contributed by atoms with van der Waals surface area (Å²) in [4.78, 5) is 28.5. The van der Waals surface area contributed by atoms with Gasteiger partial charge in [0, 0.05) is 30.9 Å². The number of rotatable bonds is 8. The SMILES string of the molecule is CC1CCN(c2ccc(NC(=O)CC(C)CC(C)(C)C)cc2C(=O)NC(C)c2ccccc2)CC1. The third-order valence-electron chi connectivity index (χ3n) is 6.79. The maximum Gasteiger partial charge on any atom is 0.253 e. The van der Waals surface area contributed by atoms with Crippen molar-refractivity contribution in [2.45, 2.75) is 73.3 Å². The Hall–Kier alpha value is -2.82.